The van der Waals surface area contributed by atoms with Crippen molar-refractivity contribution in [1.29, 1.82) is 0 Å². The average molecular weight is 260 g/mol. The van der Waals surface area contributed by atoms with Crippen molar-refractivity contribution >= 4 is 11.9 Å². The molecule has 2 heterocycles. The molecule has 0 atom stereocenters. The van der Waals surface area contributed by atoms with Gasteiger partial charge in [0.1, 0.15) is 5.69 Å². The third kappa shape index (κ3) is 3.03. The fourth-order valence-corrected chi connectivity index (χ4v) is 2.32. The van der Waals surface area contributed by atoms with E-state index in [4.69, 9.17) is 0 Å². The van der Waals surface area contributed by atoms with Crippen LogP contribution in [0, 0.1) is 5.92 Å². The number of nitrogens with one attached hydrogen (secondary N) is 1. The maximum atomic E-state index is 12.0. The molecule has 2 fully saturated rings. The van der Waals surface area contributed by atoms with E-state index in [1.165, 1.54) is 12.8 Å². The lowest BCUT2D eigenvalue weighted by molar-refractivity contribution is 0.0946. The number of hydrogen-bond donors (Lipinski definition) is 1. The molecule has 5 nitrogen and oxygen atoms in total. The third-order valence-corrected chi connectivity index (χ3v) is 3.85. The monoisotopic (exact) mass is 260 g/mol. The van der Waals surface area contributed by atoms with Crippen molar-refractivity contribution in [2.75, 3.05) is 18.0 Å². The number of nitrogens with zero attached hydrogens (tertiary/aromatic N) is 3. The highest BCUT2D eigenvalue weighted by Gasteiger charge is 2.25. The molecule has 0 unspecified atom stereocenters. The summed E-state index contributed by atoms with van der Waals surface area (Å²) in [6.07, 6.45) is 6.20. The number of piperidine rings is 1. The van der Waals surface area contributed by atoms with E-state index < -0.39 is 0 Å². The van der Waals surface area contributed by atoms with Gasteiger partial charge in [0.25, 0.3) is 5.91 Å². The molecule has 3 rings (SSSR count). The summed E-state index contributed by atoms with van der Waals surface area (Å²) in [5.74, 6) is 1.39. The number of anilines is 1. The molecule has 0 radical (unpaired) electrons. The Kier molecular flexibility index (Phi) is 3.36. The van der Waals surface area contributed by atoms with Crippen LogP contribution in [-0.4, -0.2) is 35.0 Å². The molecule has 1 saturated carbocycles. The second-order valence-corrected chi connectivity index (χ2v) is 5.66. The minimum Gasteiger partial charge on any atom is -0.348 e. The van der Waals surface area contributed by atoms with E-state index in [-0.39, 0.29) is 5.91 Å². The van der Waals surface area contributed by atoms with Gasteiger partial charge < -0.3 is 10.2 Å². The molecule has 1 aromatic heterocycles. The largest absolute Gasteiger partial charge is 0.348 e. The highest BCUT2D eigenvalue weighted by molar-refractivity contribution is 5.92. The quantitative estimate of drug-likeness (QED) is 0.897. The number of carbonyl (C=O) groups is 1. The molecular weight excluding hydrogens is 240 g/mol. The molecule has 0 bridgehead atoms. The van der Waals surface area contributed by atoms with Gasteiger partial charge in [-0.05, 0) is 37.7 Å². The van der Waals surface area contributed by atoms with Crippen molar-refractivity contribution in [2.24, 2.45) is 5.92 Å². The smallest absolute Gasteiger partial charge is 0.270 e. The van der Waals surface area contributed by atoms with Gasteiger partial charge in [0.2, 0.25) is 5.95 Å². The van der Waals surface area contributed by atoms with Gasteiger partial charge in [-0.2, -0.15) is 0 Å². The maximum Gasteiger partial charge on any atom is 0.270 e. The molecular formula is C14H20N4O. The van der Waals surface area contributed by atoms with Gasteiger partial charge in [-0.3, -0.25) is 4.79 Å². The molecule has 1 aliphatic carbocycles. The second-order valence-electron chi connectivity index (χ2n) is 5.66. The third-order valence-electron chi connectivity index (χ3n) is 3.85. The molecule has 1 saturated heterocycles. The number of amides is 1. The van der Waals surface area contributed by atoms with E-state index in [0.717, 1.165) is 31.8 Å². The molecule has 1 aromatic rings. The van der Waals surface area contributed by atoms with Crippen molar-refractivity contribution in [3.05, 3.63) is 18.0 Å². The predicted molar refractivity (Wildman–Crippen MR) is 73.1 cm³/mol. The van der Waals surface area contributed by atoms with E-state index in [1.807, 2.05) is 0 Å². The summed E-state index contributed by atoms with van der Waals surface area (Å²) in [4.78, 5) is 22.8. The van der Waals surface area contributed by atoms with Crippen LogP contribution in [0.5, 0.6) is 0 Å². The molecule has 2 aliphatic rings. The molecule has 1 N–H and O–H groups in total. The number of carbonyl (C=O) groups excluding carboxylic acids is 1. The van der Waals surface area contributed by atoms with Crippen molar-refractivity contribution in [1.82, 2.24) is 15.3 Å². The zero-order chi connectivity index (χ0) is 13.2. The van der Waals surface area contributed by atoms with Crippen LogP contribution in [0.15, 0.2) is 12.3 Å². The minimum atomic E-state index is -0.0727. The fourth-order valence-electron chi connectivity index (χ4n) is 2.32. The summed E-state index contributed by atoms with van der Waals surface area (Å²) in [6, 6.07) is 2.05. The van der Waals surface area contributed by atoms with Crippen molar-refractivity contribution in [3.8, 4) is 0 Å². The van der Waals surface area contributed by atoms with Crippen LogP contribution < -0.4 is 10.2 Å². The lowest BCUT2D eigenvalue weighted by Gasteiger charge is -2.30. The van der Waals surface area contributed by atoms with Gasteiger partial charge in [0.15, 0.2) is 0 Å². The summed E-state index contributed by atoms with van der Waals surface area (Å²) in [6.45, 7) is 4.24. The fraction of sp³-hybridized carbons (Fsp3) is 0.643. The topological polar surface area (TPSA) is 58.1 Å². The van der Waals surface area contributed by atoms with Gasteiger partial charge in [-0.15, -0.1) is 0 Å². The van der Waals surface area contributed by atoms with Crippen molar-refractivity contribution in [2.45, 2.75) is 38.6 Å². The SMILES string of the molecule is CC1CCN(c2nccc(C(=O)NC3CC3)n2)CC1. The van der Waals surface area contributed by atoms with E-state index in [2.05, 4.69) is 27.1 Å². The van der Waals surface area contributed by atoms with Crippen LogP contribution >= 0.6 is 0 Å². The molecule has 5 heteroatoms. The standard InChI is InChI=1S/C14H20N4O/c1-10-5-8-18(9-6-10)14-15-7-4-12(17-14)13(19)16-11-2-3-11/h4,7,10-11H,2-3,5-6,8-9H2,1H3,(H,16,19). The van der Waals surface area contributed by atoms with Crippen molar-refractivity contribution in [3.63, 3.8) is 0 Å². The van der Waals surface area contributed by atoms with Gasteiger partial charge in [-0.25, -0.2) is 9.97 Å². The van der Waals surface area contributed by atoms with E-state index in [9.17, 15) is 4.79 Å². The molecule has 102 valence electrons. The lowest BCUT2D eigenvalue weighted by Crippen LogP contribution is -2.35. The first kappa shape index (κ1) is 12.4. The Balaban J connectivity index is 1.70. The first-order chi connectivity index (χ1) is 9.22. The van der Waals surface area contributed by atoms with Gasteiger partial charge in [-0.1, -0.05) is 6.92 Å². The Morgan fingerprint density at radius 1 is 1.32 bits per heavy atom. The highest BCUT2D eigenvalue weighted by Crippen LogP contribution is 2.21. The van der Waals surface area contributed by atoms with Gasteiger partial charge in [0.05, 0.1) is 0 Å². The first-order valence-electron chi connectivity index (χ1n) is 7.11. The van der Waals surface area contributed by atoms with Gasteiger partial charge in [0, 0.05) is 25.3 Å². The summed E-state index contributed by atoms with van der Waals surface area (Å²) in [5.41, 5.74) is 0.482. The van der Waals surface area contributed by atoms with E-state index in [1.54, 1.807) is 12.3 Å². The van der Waals surface area contributed by atoms with Crippen LogP contribution in [0.3, 0.4) is 0 Å². The number of hydrogen-bond acceptors (Lipinski definition) is 4. The van der Waals surface area contributed by atoms with E-state index in [0.29, 0.717) is 17.7 Å². The molecule has 1 aliphatic heterocycles. The van der Waals surface area contributed by atoms with Crippen LogP contribution in [0.25, 0.3) is 0 Å². The normalized spacial score (nSPS) is 20.4. The highest BCUT2D eigenvalue weighted by atomic mass is 16.2. The molecule has 1 amide bonds. The molecule has 0 aromatic carbocycles. The van der Waals surface area contributed by atoms with Crippen LogP contribution in [0.1, 0.15) is 43.1 Å². The lowest BCUT2D eigenvalue weighted by atomic mass is 10.00. The van der Waals surface area contributed by atoms with Crippen LogP contribution in [0.2, 0.25) is 0 Å². The zero-order valence-corrected chi connectivity index (χ0v) is 11.3. The Labute approximate surface area is 113 Å². The molecule has 19 heavy (non-hydrogen) atoms. The summed E-state index contributed by atoms with van der Waals surface area (Å²) < 4.78 is 0. The Morgan fingerprint density at radius 2 is 2.05 bits per heavy atom. The minimum absolute atomic E-state index is 0.0727. The average Bonchev–Trinajstić information content (AvgIpc) is 3.24. The van der Waals surface area contributed by atoms with E-state index >= 15 is 0 Å². The molecule has 0 spiro atoms. The number of rotatable bonds is 3. The van der Waals surface area contributed by atoms with Crippen LogP contribution in [-0.2, 0) is 0 Å². The van der Waals surface area contributed by atoms with Crippen LogP contribution in [0.4, 0.5) is 5.95 Å². The zero-order valence-electron chi connectivity index (χ0n) is 11.3. The van der Waals surface area contributed by atoms with Crippen molar-refractivity contribution < 1.29 is 4.79 Å². The first-order valence-corrected chi connectivity index (χ1v) is 7.11. The number of aromatic nitrogens is 2. The second kappa shape index (κ2) is 5.15. The predicted octanol–water partition coefficient (Wildman–Crippen LogP) is 1.61. The van der Waals surface area contributed by atoms with Gasteiger partial charge >= 0.3 is 0 Å². The maximum absolute atomic E-state index is 12.0. The Hall–Kier alpha value is -1.65. The summed E-state index contributed by atoms with van der Waals surface area (Å²) in [5, 5.41) is 2.96. The Bertz CT molecular complexity index is 464. The Morgan fingerprint density at radius 3 is 2.74 bits per heavy atom. The summed E-state index contributed by atoms with van der Waals surface area (Å²) in [7, 11) is 0. The summed E-state index contributed by atoms with van der Waals surface area (Å²) >= 11 is 0.